The van der Waals surface area contributed by atoms with E-state index in [1.54, 1.807) is 12.1 Å². The minimum absolute atomic E-state index is 0.218. The number of amides is 1. The van der Waals surface area contributed by atoms with Gasteiger partial charge in [0.2, 0.25) is 0 Å². The van der Waals surface area contributed by atoms with E-state index in [0.717, 1.165) is 9.26 Å². The molecule has 2 aromatic carbocycles. The van der Waals surface area contributed by atoms with Crippen LogP contribution in [-0.4, -0.2) is 18.2 Å². The van der Waals surface area contributed by atoms with E-state index >= 15 is 0 Å². The van der Waals surface area contributed by atoms with Crippen LogP contribution in [0.1, 0.15) is 18.9 Å². The molecular formula is C17H17FIN3O. The van der Waals surface area contributed by atoms with E-state index in [-0.39, 0.29) is 17.8 Å². The first-order valence-electron chi connectivity index (χ1n) is 7.19. The Hall–Kier alpha value is -1.96. The molecule has 23 heavy (non-hydrogen) atoms. The van der Waals surface area contributed by atoms with E-state index in [2.05, 4.69) is 38.4 Å². The summed E-state index contributed by atoms with van der Waals surface area (Å²) < 4.78 is 13.9. The maximum absolute atomic E-state index is 12.8. The summed E-state index contributed by atoms with van der Waals surface area (Å²) in [5, 5.41) is 7.08. The van der Waals surface area contributed by atoms with Crippen LogP contribution in [0.5, 0.6) is 0 Å². The number of carbonyl (C=O) groups is 1. The summed E-state index contributed by atoms with van der Waals surface area (Å²) in [7, 11) is 0. The van der Waals surface area contributed by atoms with Crippen molar-refractivity contribution in [2.75, 3.05) is 5.32 Å². The molecule has 0 radical (unpaired) electrons. The highest BCUT2D eigenvalue weighted by Gasteiger charge is 2.15. The van der Waals surface area contributed by atoms with E-state index in [4.69, 9.17) is 0 Å². The van der Waals surface area contributed by atoms with E-state index < -0.39 is 0 Å². The van der Waals surface area contributed by atoms with Gasteiger partial charge in [0.05, 0.1) is 6.21 Å². The molecule has 1 amide bonds. The molecule has 0 aliphatic heterocycles. The van der Waals surface area contributed by atoms with Gasteiger partial charge in [-0.15, -0.1) is 0 Å². The molecule has 2 rings (SSSR count). The predicted molar refractivity (Wildman–Crippen MR) is 99.0 cm³/mol. The zero-order chi connectivity index (χ0) is 16.7. The van der Waals surface area contributed by atoms with Crippen LogP contribution in [0.15, 0.2) is 53.6 Å². The molecule has 0 aliphatic rings. The van der Waals surface area contributed by atoms with Gasteiger partial charge in [0, 0.05) is 9.26 Å². The van der Waals surface area contributed by atoms with Crippen LogP contribution in [-0.2, 0) is 4.79 Å². The number of hydrogen-bond acceptors (Lipinski definition) is 3. The van der Waals surface area contributed by atoms with Crippen molar-refractivity contribution in [1.82, 2.24) is 5.43 Å². The number of hydrogen-bond donors (Lipinski definition) is 2. The van der Waals surface area contributed by atoms with Crippen molar-refractivity contribution in [2.24, 2.45) is 5.10 Å². The van der Waals surface area contributed by atoms with E-state index in [0.29, 0.717) is 12.0 Å². The SMILES string of the molecule is CC[C@@H](Nc1ccc(I)cc1)C(=O)N/N=C\c1ccc(F)cc1. The minimum atomic E-state index is -0.375. The number of anilines is 1. The number of rotatable bonds is 6. The highest BCUT2D eigenvalue weighted by molar-refractivity contribution is 14.1. The van der Waals surface area contributed by atoms with Gasteiger partial charge in [-0.05, 0) is 71.0 Å². The lowest BCUT2D eigenvalue weighted by Gasteiger charge is -2.16. The quantitative estimate of drug-likeness (QED) is 0.421. The molecule has 0 heterocycles. The minimum Gasteiger partial charge on any atom is -0.374 e. The topological polar surface area (TPSA) is 53.5 Å². The van der Waals surface area contributed by atoms with Crippen molar-refractivity contribution in [2.45, 2.75) is 19.4 Å². The highest BCUT2D eigenvalue weighted by atomic mass is 127. The number of nitrogens with zero attached hydrogens (tertiary/aromatic N) is 1. The second kappa shape index (κ2) is 8.61. The lowest BCUT2D eigenvalue weighted by Crippen LogP contribution is -2.36. The van der Waals surface area contributed by atoms with Crippen molar-refractivity contribution < 1.29 is 9.18 Å². The Labute approximate surface area is 148 Å². The van der Waals surface area contributed by atoms with Gasteiger partial charge in [0.1, 0.15) is 11.9 Å². The van der Waals surface area contributed by atoms with Gasteiger partial charge in [0.15, 0.2) is 0 Å². The van der Waals surface area contributed by atoms with Gasteiger partial charge in [0.25, 0.3) is 5.91 Å². The molecule has 1 atom stereocenters. The first-order chi connectivity index (χ1) is 11.1. The zero-order valence-corrected chi connectivity index (χ0v) is 14.7. The van der Waals surface area contributed by atoms with Gasteiger partial charge < -0.3 is 5.32 Å². The number of carbonyl (C=O) groups excluding carboxylic acids is 1. The summed E-state index contributed by atoms with van der Waals surface area (Å²) in [4.78, 5) is 12.1. The largest absolute Gasteiger partial charge is 0.374 e. The fraction of sp³-hybridized carbons (Fsp3) is 0.176. The molecular weight excluding hydrogens is 408 g/mol. The summed E-state index contributed by atoms with van der Waals surface area (Å²) in [6.07, 6.45) is 2.11. The number of nitrogens with one attached hydrogen (secondary N) is 2. The van der Waals surface area contributed by atoms with E-state index in [1.807, 2.05) is 31.2 Å². The molecule has 0 unspecified atom stereocenters. The Bertz CT molecular complexity index is 671. The van der Waals surface area contributed by atoms with Crippen LogP contribution in [0, 0.1) is 9.39 Å². The Morgan fingerprint density at radius 2 is 1.87 bits per heavy atom. The summed E-state index contributed by atoms with van der Waals surface area (Å²) in [6.45, 7) is 1.92. The van der Waals surface area contributed by atoms with Gasteiger partial charge in [-0.25, -0.2) is 9.82 Å². The van der Waals surface area contributed by atoms with Gasteiger partial charge in [-0.3, -0.25) is 4.79 Å². The lowest BCUT2D eigenvalue weighted by molar-refractivity contribution is -0.121. The van der Waals surface area contributed by atoms with Crippen LogP contribution < -0.4 is 10.7 Å². The Balaban J connectivity index is 1.91. The molecule has 4 nitrogen and oxygen atoms in total. The van der Waals surface area contributed by atoms with Crippen molar-refractivity contribution in [3.63, 3.8) is 0 Å². The molecule has 0 spiro atoms. The number of hydrazone groups is 1. The molecule has 0 aliphatic carbocycles. The summed E-state index contributed by atoms with van der Waals surface area (Å²) in [5.41, 5.74) is 4.10. The van der Waals surface area contributed by atoms with Gasteiger partial charge >= 0.3 is 0 Å². The van der Waals surface area contributed by atoms with Crippen molar-refractivity contribution in [3.8, 4) is 0 Å². The van der Waals surface area contributed by atoms with Crippen molar-refractivity contribution in [1.29, 1.82) is 0 Å². The van der Waals surface area contributed by atoms with Crippen LogP contribution in [0.3, 0.4) is 0 Å². The summed E-state index contributed by atoms with van der Waals surface area (Å²) >= 11 is 2.23. The monoisotopic (exact) mass is 425 g/mol. The second-order valence-electron chi connectivity index (χ2n) is 4.90. The zero-order valence-electron chi connectivity index (χ0n) is 12.6. The Morgan fingerprint density at radius 3 is 2.48 bits per heavy atom. The molecule has 0 saturated heterocycles. The first-order valence-corrected chi connectivity index (χ1v) is 8.27. The average Bonchev–Trinajstić information content (AvgIpc) is 2.56. The summed E-state index contributed by atoms with van der Waals surface area (Å²) in [6, 6.07) is 13.3. The van der Waals surface area contributed by atoms with Crippen molar-refractivity contribution >= 4 is 40.4 Å². The van der Waals surface area contributed by atoms with E-state index in [9.17, 15) is 9.18 Å². The normalized spacial score (nSPS) is 12.1. The van der Waals surface area contributed by atoms with Crippen LogP contribution in [0.4, 0.5) is 10.1 Å². The molecule has 2 aromatic rings. The Kier molecular flexibility index (Phi) is 6.52. The van der Waals surface area contributed by atoms with Crippen LogP contribution in [0.25, 0.3) is 0 Å². The molecule has 2 N–H and O–H groups in total. The molecule has 6 heteroatoms. The van der Waals surface area contributed by atoms with E-state index in [1.165, 1.54) is 18.3 Å². The fourth-order valence-electron chi connectivity index (χ4n) is 1.90. The van der Waals surface area contributed by atoms with Crippen molar-refractivity contribution in [3.05, 3.63) is 63.5 Å². The van der Waals surface area contributed by atoms with Gasteiger partial charge in [-0.1, -0.05) is 19.1 Å². The third-order valence-electron chi connectivity index (χ3n) is 3.17. The molecule has 0 aromatic heterocycles. The average molecular weight is 425 g/mol. The standard InChI is InChI=1S/C17H17FIN3O/c1-2-16(21-15-9-7-14(19)8-10-15)17(23)22-20-11-12-3-5-13(18)6-4-12/h3-11,16,21H,2H2,1H3,(H,22,23)/b20-11-/t16-/m1/s1. The third kappa shape index (κ3) is 5.63. The molecule has 0 bridgehead atoms. The fourth-order valence-corrected chi connectivity index (χ4v) is 2.26. The Morgan fingerprint density at radius 1 is 1.22 bits per heavy atom. The summed E-state index contributed by atoms with van der Waals surface area (Å²) in [5.74, 6) is -0.525. The predicted octanol–water partition coefficient (Wildman–Crippen LogP) is 3.77. The van der Waals surface area contributed by atoms with Crippen LogP contribution >= 0.6 is 22.6 Å². The highest BCUT2D eigenvalue weighted by Crippen LogP contribution is 2.13. The molecule has 120 valence electrons. The second-order valence-corrected chi connectivity index (χ2v) is 6.14. The van der Waals surface area contributed by atoms with Gasteiger partial charge in [-0.2, -0.15) is 5.10 Å². The molecule has 0 saturated carbocycles. The maximum Gasteiger partial charge on any atom is 0.262 e. The first kappa shape index (κ1) is 17.4. The number of benzene rings is 2. The lowest BCUT2D eigenvalue weighted by atomic mass is 10.2. The van der Waals surface area contributed by atoms with Crippen LogP contribution in [0.2, 0.25) is 0 Å². The maximum atomic E-state index is 12.8. The molecule has 0 fully saturated rings. The number of halogens is 2. The smallest absolute Gasteiger partial charge is 0.262 e. The third-order valence-corrected chi connectivity index (χ3v) is 3.89.